The number of amides is 3. The largest absolute Gasteiger partial charge is 0.326 e. The third-order valence-corrected chi connectivity index (χ3v) is 5.54. The van der Waals surface area contributed by atoms with Crippen molar-refractivity contribution in [1.82, 2.24) is 4.90 Å². The van der Waals surface area contributed by atoms with Gasteiger partial charge in [-0.25, -0.2) is 4.79 Å². The van der Waals surface area contributed by atoms with Gasteiger partial charge in [-0.3, -0.25) is 9.69 Å². The summed E-state index contributed by atoms with van der Waals surface area (Å²) in [4.78, 5) is 27.5. The van der Waals surface area contributed by atoms with E-state index in [-0.39, 0.29) is 17.9 Å². The van der Waals surface area contributed by atoms with Gasteiger partial charge in [0, 0.05) is 30.2 Å². The van der Waals surface area contributed by atoms with Crippen LogP contribution in [0.5, 0.6) is 0 Å². The lowest BCUT2D eigenvalue weighted by molar-refractivity contribution is -0.121. The number of benzene rings is 3. The van der Waals surface area contributed by atoms with Crippen molar-refractivity contribution >= 4 is 29.0 Å². The van der Waals surface area contributed by atoms with Crippen LogP contribution in [0.3, 0.4) is 0 Å². The van der Waals surface area contributed by atoms with E-state index in [2.05, 4.69) is 33.0 Å². The van der Waals surface area contributed by atoms with E-state index in [0.29, 0.717) is 17.1 Å². The Balaban J connectivity index is 1.31. The molecule has 0 aliphatic carbocycles. The number of carbonyl (C=O) groups is 2. The van der Waals surface area contributed by atoms with E-state index < -0.39 is 0 Å². The monoisotopic (exact) mass is 428 g/mol. The van der Waals surface area contributed by atoms with Crippen LogP contribution >= 0.6 is 0 Å². The van der Waals surface area contributed by atoms with E-state index in [9.17, 15) is 9.59 Å². The molecule has 0 spiro atoms. The minimum absolute atomic E-state index is 0.0219. The first-order chi connectivity index (χ1) is 15.7. The zero-order valence-corrected chi connectivity index (χ0v) is 18.0. The molecule has 1 heterocycles. The van der Waals surface area contributed by atoms with Crippen molar-refractivity contribution in [3.63, 3.8) is 0 Å². The highest BCUT2D eigenvalue weighted by Gasteiger charge is 2.26. The third-order valence-electron chi connectivity index (χ3n) is 5.54. The van der Waals surface area contributed by atoms with Gasteiger partial charge in [-0.1, -0.05) is 54.6 Å². The van der Waals surface area contributed by atoms with E-state index in [1.807, 2.05) is 60.7 Å². The lowest BCUT2D eigenvalue weighted by Crippen LogP contribution is -2.40. The van der Waals surface area contributed by atoms with Crippen molar-refractivity contribution < 1.29 is 9.59 Å². The molecule has 32 heavy (non-hydrogen) atoms. The fraction of sp³-hybridized carbons (Fsp3) is 0.231. The second-order valence-electron chi connectivity index (χ2n) is 8.08. The van der Waals surface area contributed by atoms with Crippen molar-refractivity contribution in [1.29, 1.82) is 0 Å². The maximum Gasteiger partial charge on any atom is 0.323 e. The molecule has 4 rings (SSSR count). The van der Waals surface area contributed by atoms with Gasteiger partial charge >= 0.3 is 6.03 Å². The average molecular weight is 429 g/mol. The third kappa shape index (κ3) is 6.18. The van der Waals surface area contributed by atoms with Crippen molar-refractivity contribution in [3.05, 3.63) is 90.5 Å². The molecule has 1 atom stereocenters. The Kier molecular flexibility index (Phi) is 7.15. The molecule has 3 N–H and O–H groups in total. The number of rotatable bonds is 6. The molecule has 1 aliphatic heterocycles. The van der Waals surface area contributed by atoms with Crippen LogP contribution in [-0.2, 0) is 11.3 Å². The Morgan fingerprint density at radius 1 is 0.781 bits per heavy atom. The molecular weight excluding hydrogens is 400 g/mol. The van der Waals surface area contributed by atoms with Crippen LogP contribution in [0.1, 0.15) is 18.4 Å². The number of anilines is 3. The smallest absolute Gasteiger partial charge is 0.323 e. The molecule has 164 valence electrons. The summed E-state index contributed by atoms with van der Waals surface area (Å²) in [5, 5.41) is 8.61. The van der Waals surface area contributed by atoms with Gasteiger partial charge in [-0.15, -0.1) is 0 Å². The van der Waals surface area contributed by atoms with Crippen LogP contribution in [0.4, 0.5) is 21.9 Å². The number of hydrogen-bond acceptors (Lipinski definition) is 3. The molecule has 3 aromatic carbocycles. The topological polar surface area (TPSA) is 73.5 Å². The van der Waals surface area contributed by atoms with E-state index in [1.165, 1.54) is 5.56 Å². The molecule has 3 aromatic rings. The first-order valence-electron chi connectivity index (χ1n) is 11.0. The lowest BCUT2D eigenvalue weighted by Gasteiger charge is -2.32. The van der Waals surface area contributed by atoms with Crippen molar-refractivity contribution in [3.8, 4) is 0 Å². The number of piperidine rings is 1. The Morgan fingerprint density at radius 3 is 2.16 bits per heavy atom. The van der Waals surface area contributed by atoms with Gasteiger partial charge in [0.25, 0.3) is 0 Å². The number of nitrogens with one attached hydrogen (secondary N) is 3. The summed E-state index contributed by atoms with van der Waals surface area (Å²) in [7, 11) is 0. The standard InChI is InChI=1S/C26H28N4O2/c31-25(21-11-8-16-30(19-21)18-20-9-3-1-4-10-20)27-23-14-7-15-24(17-23)29-26(32)28-22-12-5-2-6-13-22/h1-7,9-10,12-15,17,21H,8,11,16,18-19H2,(H,27,31)(H2,28,29,32). The fourth-order valence-corrected chi connectivity index (χ4v) is 3.99. The van der Waals surface area contributed by atoms with Crippen molar-refractivity contribution in [2.45, 2.75) is 19.4 Å². The summed E-state index contributed by atoms with van der Waals surface area (Å²) in [6.07, 6.45) is 1.89. The minimum Gasteiger partial charge on any atom is -0.326 e. The SMILES string of the molecule is O=C(Nc1ccccc1)Nc1cccc(NC(=O)C2CCCN(Cc3ccccc3)C2)c1. The molecule has 0 saturated carbocycles. The summed E-state index contributed by atoms with van der Waals surface area (Å²) in [5.41, 5.74) is 3.27. The highest BCUT2D eigenvalue weighted by molar-refractivity contribution is 6.00. The maximum absolute atomic E-state index is 12.9. The second kappa shape index (κ2) is 10.6. The predicted molar refractivity (Wildman–Crippen MR) is 129 cm³/mol. The number of likely N-dealkylation sites (tertiary alicyclic amines) is 1. The highest BCUT2D eigenvalue weighted by atomic mass is 16.2. The van der Waals surface area contributed by atoms with Gasteiger partial charge in [0.1, 0.15) is 0 Å². The molecule has 6 heteroatoms. The Bertz CT molecular complexity index is 1040. The molecule has 3 amide bonds. The highest BCUT2D eigenvalue weighted by Crippen LogP contribution is 2.22. The summed E-state index contributed by atoms with van der Waals surface area (Å²) in [5.74, 6) is -0.0286. The summed E-state index contributed by atoms with van der Waals surface area (Å²) >= 11 is 0. The van der Waals surface area contributed by atoms with E-state index in [4.69, 9.17) is 0 Å². The number of carbonyl (C=O) groups excluding carboxylic acids is 2. The van der Waals surface area contributed by atoms with Crippen LogP contribution < -0.4 is 16.0 Å². The van der Waals surface area contributed by atoms with Crippen LogP contribution in [0.2, 0.25) is 0 Å². The number of urea groups is 1. The summed E-state index contributed by atoms with van der Waals surface area (Å²) in [6.45, 7) is 2.62. The molecule has 6 nitrogen and oxygen atoms in total. The second-order valence-corrected chi connectivity index (χ2v) is 8.08. The molecular formula is C26H28N4O2. The van der Waals surface area contributed by atoms with Crippen LogP contribution in [0, 0.1) is 5.92 Å². The van der Waals surface area contributed by atoms with Crippen molar-refractivity contribution in [2.24, 2.45) is 5.92 Å². The molecule has 0 aromatic heterocycles. The Hall–Kier alpha value is -3.64. The van der Waals surface area contributed by atoms with Gasteiger partial charge in [0.05, 0.1) is 5.92 Å². The van der Waals surface area contributed by atoms with E-state index in [0.717, 1.165) is 32.5 Å². The molecule has 0 bridgehead atoms. The lowest BCUT2D eigenvalue weighted by atomic mass is 9.96. The quantitative estimate of drug-likeness (QED) is 0.506. The Labute approximate surface area is 188 Å². The normalized spacial score (nSPS) is 16.2. The van der Waals surface area contributed by atoms with Gasteiger partial charge in [0.15, 0.2) is 0 Å². The van der Waals surface area contributed by atoms with Crippen molar-refractivity contribution in [2.75, 3.05) is 29.0 Å². The van der Waals surface area contributed by atoms with Gasteiger partial charge in [-0.2, -0.15) is 0 Å². The van der Waals surface area contributed by atoms with Gasteiger partial charge < -0.3 is 16.0 Å². The summed E-state index contributed by atoms with van der Waals surface area (Å²) in [6, 6.07) is 26.5. The van der Waals surface area contributed by atoms with Crippen LogP contribution in [-0.4, -0.2) is 29.9 Å². The molecule has 1 saturated heterocycles. The summed E-state index contributed by atoms with van der Waals surface area (Å²) < 4.78 is 0. The Morgan fingerprint density at radius 2 is 1.41 bits per heavy atom. The van der Waals surface area contributed by atoms with Gasteiger partial charge in [-0.05, 0) is 55.3 Å². The maximum atomic E-state index is 12.9. The minimum atomic E-state index is -0.330. The van der Waals surface area contributed by atoms with E-state index >= 15 is 0 Å². The molecule has 0 radical (unpaired) electrons. The van der Waals surface area contributed by atoms with Crippen LogP contribution in [0.15, 0.2) is 84.9 Å². The van der Waals surface area contributed by atoms with E-state index in [1.54, 1.807) is 12.1 Å². The predicted octanol–water partition coefficient (Wildman–Crippen LogP) is 5.18. The molecule has 1 fully saturated rings. The number of para-hydroxylation sites is 1. The van der Waals surface area contributed by atoms with Crippen LogP contribution in [0.25, 0.3) is 0 Å². The zero-order chi connectivity index (χ0) is 22.2. The number of nitrogens with zero attached hydrogens (tertiary/aromatic N) is 1. The first kappa shape index (κ1) is 21.6. The molecule has 1 unspecified atom stereocenters. The first-order valence-corrected chi connectivity index (χ1v) is 11.0. The zero-order valence-electron chi connectivity index (χ0n) is 18.0. The molecule has 1 aliphatic rings. The number of hydrogen-bond donors (Lipinski definition) is 3. The average Bonchev–Trinajstić information content (AvgIpc) is 2.81. The van der Waals surface area contributed by atoms with Gasteiger partial charge in [0.2, 0.25) is 5.91 Å². The fourth-order valence-electron chi connectivity index (χ4n) is 3.99.